The number of nitrogens with one attached hydrogen (secondary N) is 2. The Kier molecular flexibility index (Phi) is 4.02. The van der Waals surface area contributed by atoms with Crippen LogP contribution in [0.15, 0.2) is 35.6 Å². The van der Waals surface area contributed by atoms with Crippen LogP contribution >= 0.6 is 0 Å². The molecule has 0 aliphatic carbocycles. The number of hydrogen-bond donors (Lipinski definition) is 4. The van der Waals surface area contributed by atoms with Crippen LogP contribution in [0.3, 0.4) is 0 Å². The lowest BCUT2D eigenvalue weighted by Gasteiger charge is -2.09. The Balaban J connectivity index is 2.15. The third-order valence-electron chi connectivity index (χ3n) is 2.64. The van der Waals surface area contributed by atoms with Crippen molar-refractivity contribution in [3.05, 3.63) is 41.8 Å². The van der Waals surface area contributed by atoms with Gasteiger partial charge in [-0.3, -0.25) is 10.00 Å². The monoisotopic (exact) mass is 292 g/mol. The topological polar surface area (TPSA) is 118 Å². The van der Waals surface area contributed by atoms with Crippen molar-refractivity contribution in [2.24, 2.45) is 17.9 Å². The van der Waals surface area contributed by atoms with Crippen molar-refractivity contribution in [3.8, 4) is 0 Å². The van der Waals surface area contributed by atoms with Gasteiger partial charge >= 0.3 is 6.03 Å². The molecule has 21 heavy (non-hydrogen) atoms. The number of aromatic nitrogens is 2. The number of hydrogen-bond acceptors (Lipinski definition) is 4. The number of carbonyl (C=O) groups is 1. The van der Waals surface area contributed by atoms with Gasteiger partial charge in [0.15, 0.2) is 5.84 Å². The smallest absolute Gasteiger partial charge is 0.324 e. The summed E-state index contributed by atoms with van der Waals surface area (Å²) >= 11 is 0. The number of amidine groups is 1. The SMILES string of the molecule is Cn1ncc(C(N)=NO)c1NC(=O)Nc1cccc(F)c1. The van der Waals surface area contributed by atoms with Gasteiger partial charge in [-0.25, -0.2) is 9.18 Å². The molecule has 2 aromatic rings. The van der Waals surface area contributed by atoms with Crippen molar-refractivity contribution >= 4 is 23.4 Å². The van der Waals surface area contributed by atoms with Crippen LogP contribution in [0.4, 0.5) is 20.7 Å². The fraction of sp³-hybridized carbons (Fsp3) is 0.0833. The van der Waals surface area contributed by atoms with Gasteiger partial charge in [0.05, 0.1) is 11.8 Å². The van der Waals surface area contributed by atoms with Gasteiger partial charge in [0, 0.05) is 12.7 Å². The lowest BCUT2D eigenvalue weighted by molar-refractivity contribution is 0.262. The second-order valence-corrected chi connectivity index (χ2v) is 4.11. The number of benzene rings is 1. The summed E-state index contributed by atoms with van der Waals surface area (Å²) < 4.78 is 14.4. The standard InChI is InChI=1S/C12H13FN6O2/c1-19-11(9(6-15-19)10(14)18-21)17-12(20)16-8-4-2-3-7(13)5-8/h2-6,21H,1H3,(H2,14,18)(H2,16,17,20). The zero-order valence-electron chi connectivity index (χ0n) is 11.0. The summed E-state index contributed by atoms with van der Waals surface area (Å²) in [5.74, 6) is -0.422. The van der Waals surface area contributed by atoms with Gasteiger partial charge in [-0.15, -0.1) is 0 Å². The Morgan fingerprint density at radius 2 is 2.24 bits per heavy atom. The number of urea groups is 1. The zero-order chi connectivity index (χ0) is 15.4. The summed E-state index contributed by atoms with van der Waals surface area (Å²) in [6.07, 6.45) is 1.34. The van der Waals surface area contributed by atoms with Crippen LogP contribution in [0.5, 0.6) is 0 Å². The van der Waals surface area contributed by atoms with Gasteiger partial charge in [-0.05, 0) is 18.2 Å². The molecule has 2 rings (SSSR count). The third kappa shape index (κ3) is 3.26. The number of halogens is 1. The molecule has 1 aromatic carbocycles. The average molecular weight is 292 g/mol. The molecule has 0 atom stereocenters. The molecule has 0 spiro atoms. The van der Waals surface area contributed by atoms with Crippen molar-refractivity contribution < 1.29 is 14.4 Å². The molecule has 1 heterocycles. The average Bonchev–Trinajstić information content (AvgIpc) is 2.79. The first-order chi connectivity index (χ1) is 10.0. The van der Waals surface area contributed by atoms with Crippen LogP contribution in [0.1, 0.15) is 5.56 Å². The second-order valence-electron chi connectivity index (χ2n) is 4.11. The van der Waals surface area contributed by atoms with E-state index in [0.29, 0.717) is 5.69 Å². The van der Waals surface area contributed by atoms with Crippen LogP contribution in [-0.2, 0) is 7.05 Å². The Bertz CT molecular complexity index is 697. The van der Waals surface area contributed by atoms with Gasteiger partial charge in [0.2, 0.25) is 0 Å². The van der Waals surface area contributed by atoms with E-state index in [9.17, 15) is 9.18 Å². The lowest BCUT2D eigenvalue weighted by Crippen LogP contribution is -2.24. The maximum absolute atomic E-state index is 13.0. The first kappa shape index (κ1) is 14.3. The summed E-state index contributed by atoms with van der Waals surface area (Å²) in [6.45, 7) is 0. The number of rotatable bonds is 3. The van der Waals surface area contributed by atoms with Crippen molar-refractivity contribution in [1.29, 1.82) is 0 Å². The fourth-order valence-electron chi connectivity index (χ4n) is 1.66. The number of aryl methyl sites for hydroxylation is 1. The minimum absolute atomic E-state index is 0.191. The van der Waals surface area contributed by atoms with Crippen LogP contribution in [0, 0.1) is 5.82 Å². The second kappa shape index (κ2) is 5.90. The highest BCUT2D eigenvalue weighted by molar-refractivity contribution is 6.06. The molecule has 1 aromatic heterocycles. The van der Waals surface area contributed by atoms with Crippen LogP contribution < -0.4 is 16.4 Å². The molecule has 5 N–H and O–H groups in total. The number of oxime groups is 1. The Labute approximate surface area is 119 Å². The maximum atomic E-state index is 13.0. The maximum Gasteiger partial charge on any atom is 0.324 e. The summed E-state index contributed by atoms with van der Waals surface area (Å²) in [5.41, 5.74) is 6.03. The molecule has 110 valence electrons. The van der Waals surface area contributed by atoms with Crippen LogP contribution in [0.25, 0.3) is 0 Å². The molecular weight excluding hydrogens is 279 g/mol. The zero-order valence-corrected chi connectivity index (χ0v) is 11.0. The normalized spacial score (nSPS) is 11.2. The Morgan fingerprint density at radius 1 is 1.48 bits per heavy atom. The number of anilines is 2. The lowest BCUT2D eigenvalue weighted by atomic mass is 10.3. The first-order valence-corrected chi connectivity index (χ1v) is 5.84. The number of carbonyl (C=O) groups excluding carboxylic acids is 1. The summed E-state index contributed by atoms with van der Waals surface area (Å²) in [4.78, 5) is 11.9. The number of amides is 2. The summed E-state index contributed by atoms with van der Waals surface area (Å²) in [7, 11) is 1.58. The van der Waals surface area contributed by atoms with Crippen molar-refractivity contribution in [2.45, 2.75) is 0 Å². The molecular formula is C12H13FN6O2. The quantitative estimate of drug-likeness (QED) is 0.295. The van der Waals surface area contributed by atoms with E-state index in [1.165, 1.54) is 35.1 Å². The molecule has 0 saturated carbocycles. The van der Waals surface area contributed by atoms with Gasteiger partial charge in [0.25, 0.3) is 0 Å². The summed E-state index contributed by atoms with van der Waals surface area (Å²) in [5, 5.41) is 20.4. The minimum Gasteiger partial charge on any atom is -0.409 e. The van der Waals surface area contributed by atoms with E-state index in [-0.39, 0.29) is 17.2 Å². The predicted octanol–water partition coefficient (Wildman–Crippen LogP) is 1.30. The molecule has 0 fully saturated rings. The van der Waals surface area contributed by atoms with Crippen LogP contribution in [0.2, 0.25) is 0 Å². The van der Waals surface area contributed by atoms with E-state index in [1.807, 2.05) is 0 Å². The van der Waals surface area contributed by atoms with E-state index in [0.717, 1.165) is 0 Å². The van der Waals surface area contributed by atoms with E-state index in [4.69, 9.17) is 10.9 Å². The molecule has 8 nitrogen and oxygen atoms in total. The molecule has 2 amide bonds. The first-order valence-electron chi connectivity index (χ1n) is 5.84. The third-order valence-corrected chi connectivity index (χ3v) is 2.64. The van der Waals surface area contributed by atoms with Gasteiger partial charge in [-0.2, -0.15) is 5.10 Å². The molecule has 0 aliphatic heterocycles. The van der Waals surface area contributed by atoms with E-state index in [1.54, 1.807) is 7.05 Å². The van der Waals surface area contributed by atoms with Gasteiger partial charge in [-0.1, -0.05) is 11.2 Å². The highest BCUT2D eigenvalue weighted by Crippen LogP contribution is 2.15. The van der Waals surface area contributed by atoms with Gasteiger partial charge < -0.3 is 16.3 Å². The molecule has 0 saturated heterocycles. The highest BCUT2D eigenvalue weighted by atomic mass is 19.1. The largest absolute Gasteiger partial charge is 0.409 e. The number of nitrogens with zero attached hydrogens (tertiary/aromatic N) is 3. The van der Waals surface area contributed by atoms with Crippen molar-refractivity contribution in [3.63, 3.8) is 0 Å². The highest BCUT2D eigenvalue weighted by Gasteiger charge is 2.15. The molecule has 0 aliphatic rings. The molecule has 9 heteroatoms. The molecule has 0 bridgehead atoms. The van der Waals surface area contributed by atoms with E-state index in [2.05, 4.69) is 20.9 Å². The van der Waals surface area contributed by atoms with Crippen LogP contribution in [-0.4, -0.2) is 26.9 Å². The van der Waals surface area contributed by atoms with Crippen molar-refractivity contribution in [2.75, 3.05) is 10.6 Å². The van der Waals surface area contributed by atoms with E-state index >= 15 is 0 Å². The van der Waals surface area contributed by atoms with Gasteiger partial charge in [0.1, 0.15) is 11.6 Å². The van der Waals surface area contributed by atoms with Crippen molar-refractivity contribution in [1.82, 2.24) is 9.78 Å². The summed E-state index contributed by atoms with van der Waals surface area (Å²) in [6, 6.07) is 4.83. The Morgan fingerprint density at radius 3 is 2.90 bits per heavy atom. The Hall–Kier alpha value is -3.10. The molecule has 0 unspecified atom stereocenters. The van der Waals surface area contributed by atoms with E-state index < -0.39 is 11.8 Å². The number of nitrogens with two attached hydrogens (primary N) is 1. The fourth-order valence-corrected chi connectivity index (χ4v) is 1.66. The predicted molar refractivity (Wildman–Crippen MR) is 74.8 cm³/mol. The minimum atomic E-state index is -0.615. The molecule has 0 radical (unpaired) electrons.